The number of hydrogen-bond donors (Lipinski definition) is 1. The molecule has 0 aliphatic heterocycles. The third kappa shape index (κ3) is 1.96. The third-order valence-corrected chi connectivity index (χ3v) is 2.30. The van der Waals surface area contributed by atoms with Gasteiger partial charge in [-0.25, -0.2) is 0 Å². The molecule has 0 atom stereocenters. The minimum absolute atomic E-state index is 0.0330. The zero-order chi connectivity index (χ0) is 10.8. The van der Waals surface area contributed by atoms with Crippen LogP contribution in [0.15, 0.2) is 30.4 Å². The molecular formula is C12H11NO2. The number of carbonyl (C=O) groups is 2. The molecule has 76 valence electrons. The predicted molar refractivity (Wildman–Crippen MR) is 57.9 cm³/mol. The lowest BCUT2D eigenvalue weighted by molar-refractivity contribution is -0.114. The average molecular weight is 201 g/mol. The van der Waals surface area contributed by atoms with Crippen LogP contribution in [0, 0.1) is 0 Å². The number of hydrogen-bond acceptors (Lipinski definition) is 2. The van der Waals surface area contributed by atoms with Crippen molar-refractivity contribution < 1.29 is 9.59 Å². The Morgan fingerprint density at radius 2 is 2.20 bits per heavy atom. The zero-order valence-electron chi connectivity index (χ0n) is 8.41. The topological polar surface area (TPSA) is 46.2 Å². The van der Waals surface area contributed by atoms with Gasteiger partial charge >= 0.3 is 0 Å². The Labute approximate surface area is 87.8 Å². The zero-order valence-corrected chi connectivity index (χ0v) is 8.41. The normalized spacial score (nSPS) is 13.5. The number of fused-ring (bicyclic) bond motifs is 1. The molecule has 0 fully saturated rings. The molecule has 1 aliphatic carbocycles. The van der Waals surface area contributed by atoms with Crippen LogP contribution in [0.4, 0.5) is 5.69 Å². The summed E-state index contributed by atoms with van der Waals surface area (Å²) in [6.07, 6.45) is 4.16. The van der Waals surface area contributed by atoms with Gasteiger partial charge in [0.1, 0.15) is 0 Å². The molecule has 0 bridgehead atoms. The summed E-state index contributed by atoms with van der Waals surface area (Å²) >= 11 is 0. The van der Waals surface area contributed by atoms with Gasteiger partial charge in [-0.1, -0.05) is 6.08 Å². The standard InChI is InChI=1S/C12H11NO2/c1-8(14)13-10-5-6-11-9(7-10)3-2-4-12(11)15/h2,4-7H,3H2,1H3,(H,13,14). The quantitative estimate of drug-likeness (QED) is 0.754. The summed E-state index contributed by atoms with van der Waals surface area (Å²) < 4.78 is 0. The van der Waals surface area contributed by atoms with Gasteiger partial charge in [0.2, 0.25) is 5.91 Å². The van der Waals surface area contributed by atoms with E-state index in [9.17, 15) is 9.59 Å². The van der Waals surface area contributed by atoms with Crippen molar-refractivity contribution in [3.8, 4) is 0 Å². The molecule has 1 N–H and O–H groups in total. The van der Waals surface area contributed by atoms with Gasteiger partial charge in [0, 0.05) is 18.2 Å². The fourth-order valence-corrected chi connectivity index (χ4v) is 1.67. The van der Waals surface area contributed by atoms with Crippen LogP contribution in [0.3, 0.4) is 0 Å². The maximum absolute atomic E-state index is 11.4. The maximum atomic E-state index is 11.4. The Morgan fingerprint density at radius 3 is 2.93 bits per heavy atom. The van der Waals surface area contributed by atoms with Gasteiger partial charge in [-0.15, -0.1) is 0 Å². The SMILES string of the molecule is CC(=O)Nc1ccc2c(c1)CC=CC2=O. The van der Waals surface area contributed by atoms with Crippen molar-refractivity contribution in [3.63, 3.8) is 0 Å². The van der Waals surface area contributed by atoms with Crippen LogP contribution >= 0.6 is 0 Å². The number of ketones is 1. The Kier molecular flexibility index (Phi) is 2.37. The van der Waals surface area contributed by atoms with Gasteiger partial charge in [-0.3, -0.25) is 9.59 Å². The van der Waals surface area contributed by atoms with Gasteiger partial charge in [-0.2, -0.15) is 0 Å². The average Bonchev–Trinajstić information content (AvgIpc) is 2.17. The Morgan fingerprint density at radius 1 is 1.40 bits per heavy atom. The van der Waals surface area contributed by atoms with Crippen molar-refractivity contribution in [2.75, 3.05) is 5.32 Å². The molecule has 0 aromatic heterocycles. The van der Waals surface area contributed by atoms with Crippen molar-refractivity contribution in [2.24, 2.45) is 0 Å². The lowest BCUT2D eigenvalue weighted by Crippen LogP contribution is -2.09. The molecule has 1 aromatic rings. The summed E-state index contributed by atoms with van der Waals surface area (Å²) in [7, 11) is 0. The second-order valence-electron chi connectivity index (χ2n) is 3.52. The summed E-state index contributed by atoms with van der Waals surface area (Å²) in [6, 6.07) is 5.35. The van der Waals surface area contributed by atoms with E-state index < -0.39 is 0 Å². The number of anilines is 1. The molecular weight excluding hydrogens is 190 g/mol. The van der Waals surface area contributed by atoms with Crippen LogP contribution in [0.5, 0.6) is 0 Å². The van der Waals surface area contributed by atoms with Crippen molar-refractivity contribution in [3.05, 3.63) is 41.5 Å². The summed E-state index contributed by atoms with van der Waals surface area (Å²) in [5, 5.41) is 2.70. The summed E-state index contributed by atoms with van der Waals surface area (Å²) in [5.74, 6) is -0.0711. The highest BCUT2D eigenvalue weighted by Crippen LogP contribution is 2.20. The second kappa shape index (κ2) is 3.69. The van der Waals surface area contributed by atoms with E-state index in [1.165, 1.54) is 6.92 Å². The van der Waals surface area contributed by atoms with E-state index in [0.29, 0.717) is 0 Å². The molecule has 0 unspecified atom stereocenters. The van der Waals surface area contributed by atoms with Crippen molar-refractivity contribution in [1.29, 1.82) is 0 Å². The number of rotatable bonds is 1. The Bertz CT molecular complexity index is 461. The highest BCUT2D eigenvalue weighted by molar-refractivity contribution is 6.07. The van der Waals surface area contributed by atoms with Gasteiger partial charge in [0.05, 0.1) is 0 Å². The van der Waals surface area contributed by atoms with Crippen molar-refractivity contribution in [1.82, 2.24) is 0 Å². The first-order valence-corrected chi connectivity index (χ1v) is 4.78. The molecule has 0 saturated carbocycles. The van der Waals surface area contributed by atoms with E-state index in [4.69, 9.17) is 0 Å². The number of allylic oxidation sites excluding steroid dienone is 2. The van der Waals surface area contributed by atoms with E-state index in [2.05, 4.69) is 5.32 Å². The number of nitrogens with one attached hydrogen (secondary N) is 1. The van der Waals surface area contributed by atoms with E-state index in [-0.39, 0.29) is 11.7 Å². The van der Waals surface area contributed by atoms with Crippen LogP contribution < -0.4 is 5.32 Å². The number of amides is 1. The Balaban J connectivity index is 2.35. The van der Waals surface area contributed by atoms with Crippen LogP contribution in [0.25, 0.3) is 0 Å². The summed E-state index contributed by atoms with van der Waals surface area (Å²) in [4.78, 5) is 22.3. The summed E-state index contributed by atoms with van der Waals surface area (Å²) in [5.41, 5.74) is 2.43. The maximum Gasteiger partial charge on any atom is 0.221 e. The molecule has 0 radical (unpaired) electrons. The molecule has 3 nitrogen and oxygen atoms in total. The number of carbonyl (C=O) groups excluding carboxylic acids is 2. The third-order valence-electron chi connectivity index (χ3n) is 2.30. The van der Waals surface area contributed by atoms with E-state index >= 15 is 0 Å². The predicted octanol–water partition coefficient (Wildman–Crippen LogP) is 1.94. The smallest absolute Gasteiger partial charge is 0.221 e. The van der Waals surface area contributed by atoms with Crippen LogP contribution in [0.2, 0.25) is 0 Å². The summed E-state index contributed by atoms with van der Waals surface area (Å²) in [6.45, 7) is 1.46. The van der Waals surface area contributed by atoms with Gasteiger partial charge < -0.3 is 5.32 Å². The monoisotopic (exact) mass is 201 g/mol. The molecule has 0 spiro atoms. The molecule has 2 rings (SSSR count). The fourth-order valence-electron chi connectivity index (χ4n) is 1.67. The van der Waals surface area contributed by atoms with E-state index in [0.717, 1.165) is 23.2 Å². The highest BCUT2D eigenvalue weighted by Gasteiger charge is 2.12. The molecule has 1 amide bonds. The van der Waals surface area contributed by atoms with E-state index in [1.54, 1.807) is 18.2 Å². The van der Waals surface area contributed by atoms with Crippen LogP contribution in [-0.2, 0) is 11.2 Å². The molecule has 0 heterocycles. The largest absolute Gasteiger partial charge is 0.326 e. The molecule has 3 heteroatoms. The van der Waals surface area contributed by atoms with Gasteiger partial charge in [0.15, 0.2) is 5.78 Å². The van der Waals surface area contributed by atoms with E-state index in [1.807, 2.05) is 12.1 Å². The second-order valence-corrected chi connectivity index (χ2v) is 3.52. The first kappa shape index (κ1) is 9.65. The van der Waals surface area contributed by atoms with Crippen LogP contribution in [-0.4, -0.2) is 11.7 Å². The molecule has 1 aromatic carbocycles. The minimum atomic E-state index is -0.104. The first-order chi connectivity index (χ1) is 7.16. The lowest BCUT2D eigenvalue weighted by atomic mass is 9.95. The highest BCUT2D eigenvalue weighted by atomic mass is 16.1. The molecule has 0 saturated heterocycles. The van der Waals surface area contributed by atoms with Crippen molar-refractivity contribution >= 4 is 17.4 Å². The van der Waals surface area contributed by atoms with Crippen LogP contribution in [0.1, 0.15) is 22.8 Å². The fraction of sp³-hybridized carbons (Fsp3) is 0.167. The van der Waals surface area contributed by atoms with Crippen molar-refractivity contribution in [2.45, 2.75) is 13.3 Å². The number of benzene rings is 1. The lowest BCUT2D eigenvalue weighted by Gasteiger charge is -2.11. The van der Waals surface area contributed by atoms with Gasteiger partial charge in [-0.05, 0) is 36.3 Å². The first-order valence-electron chi connectivity index (χ1n) is 4.78. The minimum Gasteiger partial charge on any atom is -0.326 e. The van der Waals surface area contributed by atoms with Gasteiger partial charge in [0.25, 0.3) is 0 Å². The molecule has 15 heavy (non-hydrogen) atoms. The molecule has 1 aliphatic rings. The Hall–Kier alpha value is -1.90.